The lowest BCUT2D eigenvalue weighted by molar-refractivity contribution is -0.121. The Balaban J connectivity index is 2.26. The molecule has 2 amide bonds. The largest absolute Gasteiger partial charge is 0.320 e. The van der Waals surface area contributed by atoms with Gasteiger partial charge in [0.25, 0.3) is 17.6 Å². The van der Waals surface area contributed by atoms with E-state index >= 15 is 0 Å². The van der Waals surface area contributed by atoms with Crippen LogP contribution in [0.5, 0.6) is 0 Å². The number of halogens is 1. The lowest BCUT2D eigenvalue weighted by Gasteiger charge is -2.11. The molecule has 1 aromatic carbocycles. The highest BCUT2D eigenvalue weighted by Crippen LogP contribution is 2.22. The number of anilines is 1. The third kappa shape index (κ3) is 4.10. The second-order valence-electron chi connectivity index (χ2n) is 4.92. The van der Waals surface area contributed by atoms with E-state index in [0.717, 1.165) is 6.08 Å². The van der Waals surface area contributed by atoms with Gasteiger partial charge in [0.05, 0.1) is 6.04 Å². The minimum absolute atomic E-state index is 0.0346. The van der Waals surface area contributed by atoms with Gasteiger partial charge in [-0.1, -0.05) is 25.1 Å². The zero-order valence-electron chi connectivity index (χ0n) is 12.6. The smallest absolute Gasteiger partial charge is 0.288 e. The number of amides is 2. The lowest BCUT2D eigenvalue weighted by Crippen LogP contribution is -2.40. The first kappa shape index (κ1) is 16.5. The number of nitrogens with one attached hydrogen (secondary N) is 2. The summed E-state index contributed by atoms with van der Waals surface area (Å²) < 4.78 is 14.1. The van der Waals surface area contributed by atoms with Crippen molar-refractivity contribution in [1.82, 2.24) is 5.32 Å². The van der Waals surface area contributed by atoms with E-state index < -0.39 is 23.7 Å². The van der Waals surface area contributed by atoms with E-state index in [1.165, 1.54) is 6.08 Å². The standard InChI is InChI=1S/C17H16FN3O2/c1-2-13(19)16(22)21-14-10-6-9-12(18)15(14)17(23)20-11-7-4-3-5-8-11/h3-5,7-10,13H,2,19H2,1H3,(H-,20,21,22,23)/p+1/t13-/m0/s1. The number of hydrogen-bond donors (Lipinski definition) is 3. The van der Waals surface area contributed by atoms with Crippen LogP contribution in [-0.4, -0.2) is 17.9 Å². The summed E-state index contributed by atoms with van der Waals surface area (Å²) in [6, 6.07) is 7.90. The number of benzene rings is 1. The first-order valence-electron chi connectivity index (χ1n) is 7.15. The number of para-hydroxylation sites is 1. The van der Waals surface area contributed by atoms with Crippen molar-refractivity contribution in [1.29, 1.82) is 0 Å². The highest BCUT2D eigenvalue weighted by molar-refractivity contribution is 6.08. The molecule has 0 unspecified atom stereocenters. The Morgan fingerprint density at radius 3 is 2.61 bits per heavy atom. The molecule has 0 radical (unpaired) electrons. The molecule has 0 saturated carbocycles. The van der Waals surface area contributed by atoms with Gasteiger partial charge in [0.15, 0.2) is 5.70 Å². The predicted octanol–water partition coefficient (Wildman–Crippen LogP) is 1.96. The Hall–Kier alpha value is -2.82. The van der Waals surface area contributed by atoms with Crippen molar-refractivity contribution >= 4 is 17.5 Å². The molecular formula is C17H17FN3O2+. The van der Waals surface area contributed by atoms with Gasteiger partial charge in [0, 0.05) is 11.8 Å². The minimum atomic E-state index is -0.777. The fourth-order valence-corrected chi connectivity index (χ4v) is 1.93. The van der Waals surface area contributed by atoms with E-state index in [-0.39, 0.29) is 11.3 Å². The van der Waals surface area contributed by atoms with Crippen LogP contribution in [0.1, 0.15) is 13.3 Å². The van der Waals surface area contributed by atoms with Crippen LogP contribution in [-0.2, 0) is 9.59 Å². The van der Waals surface area contributed by atoms with Crippen LogP contribution in [0.4, 0.5) is 10.1 Å². The number of rotatable bonds is 5. The van der Waals surface area contributed by atoms with Crippen molar-refractivity contribution in [3.63, 3.8) is 0 Å². The Morgan fingerprint density at radius 1 is 1.26 bits per heavy atom. The molecule has 1 aliphatic rings. The molecule has 1 aliphatic carbocycles. The molecule has 0 saturated heterocycles. The van der Waals surface area contributed by atoms with Crippen LogP contribution in [0.3, 0.4) is 0 Å². The van der Waals surface area contributed by atoms with Crippen molar-refractivity contribution in [3.8, 4) is 0 Å². The lowest BCUT2D eigenvalue weighted by atomic mass is 10.1. The molecule has 1 atom stereocenters. The molecule has 0 heterocycles. The molecule has 0 spiro atoms. The Kier molecular flexibility index (Phi) is 5.36. The maximum Gasteiger partial charge on any atom is 0.288 e. The van der Waals surface area contributed by atoms with Crippen LogP contribution >= 0.6 is 0 Å². The van der Waals surface area contributed by atoms with Crippen molar-refractivity contribution in [3.05, 3.63) is 65.7 Å². The summed E-state index contributed by atoms with van der Waals surface area (Å²) >= 11 is 0. The summed E-state index contributed by atoms with van der Waals surface area (Å²) in [7, 11) is 0. The second kappa shape index (κ2) is 7.45. The molecule has 118 valence electrons. The molecule has 23 heavy (non-hydrogen) atoms. The second-order valence-corrected chi connectivity index (χ2v) is 4.92. The quantitative estimate of drug-likeness (QED) is 0.726. The summed E-state index contributed by atoms with van der Waals surface area (Å²) in [6.45, 7) is 1.75. The molecule has 5 nitrogen and oxygen atoms in total. The SMILES string of the molecule is CC[C@H](N)C(=O)NC1=C(C(=O)Nc2ccccc2)C(F)=C[C+]=C1. The highest BCUT2D eigenvalue weighted by Gasteiger charge is 2.31. The molecule has 4 N–H and O–H groups in total. The number of nitrogens with two attached hydrogens (primary N) is 1. The first-order valence-corrected chi connectivity index (χ1v) is 7.15. The Bertz CT molecular complexity index is 693. The maximum atomic E-state index is 14.1. The van der Waals surface area contributed by atoms with E-state index in [0.29, 0.717) is 12.1 Å². The van der Waals surface area contributed by atoms with Crippen LogP contribution in [0.15, 0.2) is 59.6 Å². The highest BCUT2D eigenvalue weighted by atomic mass is 19.1. The maximum absolute atomic E-state index is 14.1. The van der Waals surface area contributed by atoms with Crippen LogP contribution in [0, 0.1) is 6.08 Å². The fraction of sp³-hybridized carbons (Fsp3) is 0.176. The summed E-state index contributed by atoms with van der Waals surface area (Å²) in [5, 5.41) is 5.05. The average Bonchev–Trinajstić information content (AvgIpc) is 2.54. The van der Waals surface area contributed by atoms with Gasteiger partial charge in [-0.2, -0.15) is 0 Å². The zero-order chi connectivity index (χ0) is 16.8. The normalized spacial score (nSPS) is 14.7. The number of carbonyl (C=O) groups excluding carboxylic acids is 2. The average molecular weight is 314 g/mol. The zero-order valence-corrected chi connectivity index (χ0v) is 12.6. The predicted molar refractivity (Wildman–Crippen MR) is 85.5 cm³/mol. The Morgan fingerprint density at radius 2 is 1.96 bits per heavy atom. The third-order valence-electron chi connectivity index (χ3n) is 3.24. The van der Waals surface area contributed by atoms with E-state index in [9.17, 15) is 14.0 Å². The monoisotopic (exact) mass is 314 g/mol. The molecule has 0 aliphatic heterocycles. The topological polar surface area (TPSA) is 84.2 Å². The van der Waals surface area contributed by atoms with Gasteiger partial charge in [-0.25, -0.2) is 0 Å². The Labute approximate surface area is 133 Å². The van der Waals surface area contributed by atoms with Crippen molar-refractivity contribution in [2.24, 2.45) is 5.73 Å². The van der Waals surface area contributed by atoms with Gasteiger partial charge in [0.2, 0.25) is 5.57 Å². The molecule has 2 rings (SSSR count). The molecule has 1 aromatic rings. The summed E-state index contributed by atoms with van der Waals surface area (Å²) in [6.07, 6.45) is 5.34. The molecule has 0 bridgehead atoms. The third-order valence-corrected chi connectivity index (χ3v) is 3.24. The minimum Gasteiger partial charge on any atom is -0.320 e. The van der Waals surface area contributed by atoms with Gasteiger partial charge >= 0.3 is 0 Å². The van der Waals surface area contributed by atoms with Crippen molar-refractivity contribution < 1.29 is 14.0 Å². The van der Waals surface area contributed by atoms with Gasteiger partial charge in [-0.3, -0.25) is 14.9 Å². The number of carbonyl (C=O) groups is 2. The molecular weight excluding hydrogens is 297 g/mol. The first-order chi connectivity index (χ1) is 11.0. The van der Waals surface area contributed by atoms with Gasteiger partial charge in [0.1, 0.15) is 12.2 Å². The van der Waals surface area contributed by atoms with Crippen LogP contribution in [0.25, 0.3) is 0 Å². The summed E-state index contributed by atoms with van der Waals surface area (Å²) in [4.78, 5) is 24.2. The molecule has 6 heteroatoms. The number of allylic oxidation sites excluding steroid dienone is 3. The van der Waals surface area contributed by atoms with E-state index in [1.807, 2.05) is 0 Å². The molecule has 0 fully saturated rings. The van der Waals surface area contributed by atoms with Crippen LogP contribution in [0.2, 0.25) is 0 Å². The number of hydrogen-bond acceptors (Lipinski definition) is 3. The summed E-state index contributed by atoms with van der Waals surface area (Å²) in [5.74, 6) is -1.93. The molecule has 0 aromatic heterocycles. The summed E-state index contributed by atoms with van der Waals surface area (Å²) in [5.41, 5.74) is 5.93. The van der Waals surface area contributed by atoms with Crippen molar-refractivity contribution in [2.75, 3.05) is 5.32 Å². The van der Waals surface area contributed by atoms with Gasteiger partial charge < -0.3 is 11.1 Å². The fourth-order valence-electron chi connectivity index (χ4n) is 1.93. The van der Waals surface area contributed by atoms with E-state index in [2.05, 4.69) is 16.7 Å². The van der Waals surface area contributed by atoms with E-state index in [1.54, 1.807) is 37.3 Å². The van der Waals surface area contributed by atoms with E-state index in [4.69, 9.17) is 5.73 Å². The van der Waals surface area contributed by atoms with Crippen molar-refractivity contribution in [2.45, 2.75) is 19.4 Å². The van der Waals surface area contributed by atoms with Gasteiger partial charge in [-0.15, -0.1) is 4.39 Å². The van der Waals surface area contributed by atoms with Crippen LogP contribution < -0.4 is 16.4 Å². The van der Waals surface area contributed by atoms with Gasteiger partial charge in [-0.05, 0) is 18.6 Å².